The molecule has 0 aliphatic heterocycles. The first-order valence-corrected chi connectivity index (χ1v) is 14.2. The number of halogens is 1. The number of rotatable bonds is 7. The number of nitrogens with zero attached hydrogens (tertiary/aromatic N) is 2. The van der Waals surface area contributed by atoms with Crippen LogP contribution in [0.2, 0.25) is 0 Å². The van der Waals surface area contributed by atoms with E-state index in [9.17, 15) is 8.42 Å². The van der Waals surface area contributed by atoms with Crippen molar-refractivity contribution in [3.63, 3.8) is 0 Å². The van der Waals surface area contributed by atoms with E-state index in [-0.39, 0.29) is 10.6 Å². The maximum absolute atomic E-state index is 13.1. The molecule has 0 saturated carbocycles. The van der Waals surface area contributed by atoms with Gasteiger partial charge in [0.25, 0.3) is 0 Å². The van der Waals surface area contributed by atoms with Crippen LogP contribution in [0.3, 0.4) is 0 Å². The Hall–Kier alpha value is -4.14. The number of pyridine rings is 1. The van der Waals surface area contributed by atoms with Crippen LogP contribution in [0.25, 0.3) is 27.7 Å². The van der Waals surface area contributed by atoms with E-state index in [2.05, 4.69) is 33.4 Å². The second-order valence-corrected chi connectivity index (χ2v) is 11.2. The number of hydrogen-bond acceptors (Lipinski definition) is 5. The maximum atomic E-state index is 13.1. The molecule has 4 aromatic carbocycles. The Morgan fingerprint density at radius 2 is 1.55 bits per heavy atom. The molecule has 0 spiro atoms. The minimum atomic E-state index is -4.03. The Labute approximate surface area is 228 Å². The Kier molecular flexibility index (Phi) is 6.35. The van der Waals surface area contributed by atoms with E-state index >= 15 is 0 Å². The summed E-state index contributed by atoms with van der Waals surface area (Å²) in [6, 6.07) is 33.5. The van der Waals surface area contributed by atoms with Crippen LogP contribution in [0.15, 0.2) is 125 Å². The highest BCUT2D eigenvalue weighted by Gasteiger charge is 2.20. The minimum Gasteiger partial charge on any atom is -0.379 e. The summed E-state index contributed by atoms with van der Waals surface area (Å²) in [6.07, 6.45) is 1.97. The van der Waals surface area contributed by atoms with Crippen LogP contribution in [-0.4, -0.2) is 17.8 Å². The first-order chi connectivity index (χ1) is 18.5. The molecule has 2 heterocycles. The van der Waals surface area contributed by atoms with Crippen molar-refractivity contribution in [2.45, 2.75) is 11.4 Å². The summed E-state index contributed by atoms with van der Waals surface area (Å²) in [5.41, 5.74) is 3.51. The number of aromatic nitrogens is 2. The van der Waals surface area contributed by atoms with Gasteiger partial charge in [-0.25, -0.2) is 4.98 Å². The van der Waals surface area contributed by atoms with Gasteiger partial charge in [-0.05, 0) is 69.3 Å². The molecule has 6 nitrogen and oxygen atoms in total. The highest BCUT2D eigenvalue weighted by Crippen LogP contribution is 2.32. The van der Waals surface area contributed by atoms with Crippen LogP contribution in [0, 0.1) is 0 Å². The molecular weight excluding hydrogens is 562 g/mol. The van der Waals surface area contributed by atoms with Gasteiger partial charge >= 0.3 is 10.1 Å². The van der Waals surface area contributed by atoms with E-state index in [4.69, 9.17) is 9.17 Å². The quantitative estimate of drug-likeness (QED) is 0.200. The lowest BCUT2D eigenvalue weighted by Crippen LogP contribution is -2.10. The van der Waals surface area contributed by atoms with Gasteiger partial charge in [0.2, 0.25) is 0 Å². The fourth-order valence-corrected chi connectivity index (χ4v) is 5.92. The van der Waals surface area contributed by atoms with E-state index in [1.807, 2.05) is 77.3 Å². The fraction of sp³-hybridized carbons (Fsp3) is 0.0333. The number of nitrogens with one attached hydrogen (secondary N) is 1. The normalized spacial score (nSPS) is 11.6. The summed E-state index contributed by atoms with van der Waals surface area (Å²) in [5, 5.41) is 4.98. The summed E-state index contributed by atoms with van der Waals surface area (Å²) in [7, 11) is -4.03. The third-order valence-corrected chi connectivity index (χ3v) is 8.01. The Balaban J connectivity index is 1.32. The molecule has 0 bridgehead atoms. The molecule has 6 rings (SSSR count). The third kappa shape index (κ3) is 4.76. The van der Waals surface area contributed by atoms with E-state index in [0.717, 1.165) is 38.1 Å². The first kappa shape index (κ1) is 24.2. The molecule has 0 amide bonds. The van der Waals surface area contributed by atoms with Crippen molar-refractivity contribution in [1.82, 2.24) is 9.38 Å². The molecule has 0 aliphatic carbocycles. The van der Waals surface area contributed by atoms with Gasteiger partial charge < -0.3 is 9.50 Å². The Bertz CT molecular complexity index is 1860. The van der Waals surface area contributed by atoms with Crippen molar-refractivity contribution >= 4 is 48.3 Å². The molecular formula is C30H22BrN3O3S. The van der Waals surface area contributed by atoms with Crippen LogP contribution < -0.4 is 9.50 Å². The van der Waals surface area contributed by atoms with Gasteiger partial charge in [0.05, 0.1) is 0 Å². The summed E-state index contributed by atoms with van der Waals surface area (Å²) in [6.45, 7) is 0.624. The Morgan fingerprint density at radius 3 is 2.37 bits per heavy atom. The van der Waals surface area contributed by atoms with Crippen LogP contribution in [-0.2, 0) is 16.7 Å². The molecule has 0 saturated heterocycles. The lowest BCUT2D eigenvalue weighted by molar-refractivity contribution is 0.487. The molecule has 38 heavy (non-hydrogen) atoms. The van der Waals surface area contributed by atoms with Gasteiger partial charge in [-0.2, -0.15) is 8.42 Å². The van der Waals surface area contributed by atoms with E-state index in [0.29, 0.717) is 11.9 Å². The van der Waals surface area contributed by atoms with Crippen molar-refractivity contribution < 1.29 is 12.6 Å². The zero-order valence-corrected chi connectivity index (χ0v) is 22.5. The molecule has 8 heteroatoms. The van der Waals surface area contributed by atoms with Gasteiger partial charge in [-0.15, -0.1) is 0 Å². The molecule has 0 atom stereocenters. The largest absolute Gasteiger partial charge is 0.379 e. The number of fused-ring (bicyclic) bond motifs is 2. The molecule has 6 aromatic rings. The Morgan fingerprint density at radius 1 is 0.816 bits per heavy atom. The predicted octanol–water partition coefficient (Wildman–Crippen LogP) is 7.30. The van der Waals surface area contributed by atoms with Gasteiger partial charge in [0.1, 0.15) is 27.8 Å². The highest BCUT2D eigenvalue weighted by molar-refractivity contribution is 9.10. The lowest BCUT2D eigenvalue weighted by atomic mass is 10.1. The average molecular weight is 584 g/mol. The van der Waals surface area contributed by atoms with Crippen molar-refractivity contribution in [3.8, 4) is 17.0 Å². The minimum absolute atomic E-state index is 0.137. The summed E-state index contributed by atoms with van der Waals surface area (Å²) in [5.74, 6) is 1.06. The number of benzene rings is 4. The van der Waals surface area contributed by atoms with E-state index in [1.165, 1.54) is 0 Å². The maximum Gasteiger partial charge on any atom is 0.339 e. The number of hydrogen-bond donors (Lipinski definition) is 1. The average Bonchev–Trinajstić information content (AvgIpc) is 3.30. The fourth-order valence-electron chi connectivity index (χ4n) is 4.42. The number of anilines is 1. The standard InChI is InChI=1S/C30H22BrN3O3S/c31-24-15-18-28-33-29(30(34(28)20-24)32-19-21-7-2-1-3-8-21)23-13-16-25(17-14-23)37-38(35,36)27-12-6-10-22-9-4-5-11-26(22)27/h1-18,20,32H,19H2. The summed E-state index contributed by atoms with van der Waals surface area (Å²) >= 11 is 3.55. The van der Waals surface area contributed by atoms with Crippen molar-refractivity contribution in [2.24, 2.45) is 0 Å². The van der Waals surface area contributed by atoms with E-state index < -0.39 is 10.1 Å². The molecule has 1 N–H and O–H groups in total. The molecule has 0 radical (unpaired) electrons. The third-order valence-electron chi connectivity index (χ3n) is 6.24. The van der Waals surface area contributed by atoms with Crippen molar-refractivity contribution in [3.05, 3.63) is 125 Å². The monoisotopic (exact) mass is 583 g/mol. The second-order valence-electron chi connectivity index (χ2n) is 8.76. The van der Waals surface area contributed by atoms with Crippen LogP contribution >= 0.6 is 15.9 Å². The summed E-state index contributed by atoms with van der Waals surface area (Å²) in [4.78, 5) is 4.98. The topological polar surface area (TPSA) is 72.7 Å². The molecule has 0 unspecified atom stereocenters. The van der Waals surface area contributed by atoms with E-state index in [1.54, 1.807) is 30.3 Å². The molecule has 0 fully saturated rings. The van der Waals surface area contributed by atoms with Gasteiger partial charge in [0, 0.05) is 28.2 Å². The van der Waals surface area contributed by atoms with Crippen LogP contribution in [0.4, 0.5) is 5.82 Å². The SMILES string of the molecule is O=S(=O)(Oc1ccc(-c2nc3ccc(Br)cn3c2NCc2ccccc2)cc1)c1cccc2ccccc12. The number of imidazole rings is 1. The van der Waals surface area contributed by atoms with Crippen molar-refractivity contribution in [2.75, 3.05) is 5.32 Å². The second kappa shape index (κ2) is 9.96. The van der Waals surface area contributed by atoms with Gasteiger partial charge in [-0.3, -0.25) is 4.40 Å². The molecule has 0 aliphatic rings. The zero-order chi connectivity index (χ0) is 26.1. The van der Waals surface area contributed by atoms with Gasteiger partial charge in [0.15, 0.2) is 0 Å². The van der Waals surface area contributed by atoms with Crippen LogP contribution in [0.5, 0.6) is 5.75 Å². The van der Waals surface area contributed by atoms with Crippen molar-refractivity contribution in [1.29, 1.82) is 0 Å². The van der Waals surface area contributed by atoms with Gasteiger partial charge in [-0.1, -0.05) is 66.7 Å². The smallest absolute Gasteiger partial charge is 0.339 e. The lowest BCUT2D eigenvalue weighted by Gasteiger charge is -2.11. The first-order valence-electron chi connectivity index (χ1n) is 12.0. The molecule has 2 aromatic heterocycles. The van der Waals surface area contributed by atoms with Crippen LogP contribution in [0.1, 0.15) is 5.56 Å². The predicted molar refractivity (Wildman–Crippen MR) is 154 cm³/mol. The highest BCUT2D eigenvalue weighted by atomic mass is 79.9. The summed E-state index contributed by atoms with van der Waals surface area (Å²) < 4.78 is 34.7. The zero-order valence-electron chi connectivity index (χ0n) is 20.1. The molecule has 188 valence electrons.